The van der Waals surface area contributed by atoms with Gasteiger partial charge in [0, 0.05) is 42.8 Å². The Morgan fingerprint density at radius 1 is 1.30 bits per heavy atom. The lowest BCUT2D eigenvalue weighted by Gasteiger charge is -2.23. The Hall–Kier alpha value is -3.52. The number of anilines is 1. The van der Waals surface area contributed by atoms with Crippen LogP contribution < -0.4 is 10.2 Å². The molecule has 1 saturated heterocycles. The number of fused-ring (bicyclic) bond motifs is 1. The van der Waals surface area contributed by atoms with Gasteiger partial charge in [0.05, 0.1) is 10.9 Å². The van der Waals surface area contributed by atoms with E-state index >= 15 is 0 Å². The first-order chi connectivity index (χ1) is 16.2. The average Bonchev–Trinajstić information content (AvgIpc) is 3.61. The summed E-state index contributed by atoms with van der Waals surface area (Å²) in [6.07, 6.45) is 9.99. The third-order valence-corrected chi connectivity index (χ3v) is 7.22. The van der Waals surface area contributed by atoms with Crippen molar-refractivity contribution in [2.24, 2.45) is 0 Å². The van der Waals surface area contributed by atoms with Gasteiger partial charge in [0.1, 0.15) is 6.04 Å². The summed E-state index contributed by atoms with van der Waals surface area (Å²) >= 11 is 1.63. The van der Waals surface area contributed by atoms with Crippen LogP contribution in [0.15, 0.2) is 55.5 Å². The molecule has 1 aliphatic heterocycles. The topological polar surface area (TPSA) is 75.9 Å². The van der Waals surface area contributed by atoms with Gasteiger partial charge in [0.15, 0.2) is 10.8 Å². The summed E-state index contributed by atoms with van der Waals surface area (Å²) in [5.41, 5.74) is 5.11. The number of nitrogens with zero attached hydrogens (tertiary/aromatic N) is 5. The van der Waals surface area contributed by atoms with E-state index in [2.05, 4.69) is 33.8 Å². The minimum absolute atomic E-state index is 0.0526. The molecular weight excluding hydrogens is 432 g/mol. The van der Waals surface area contributed by atoms with Gasteiger partial charge < -0.3 is 10.2 Å². The van der Waals surface area contributed by atoms with Crippen molar-refractivity contribution < 1.29 is 4.79 Å². The number of hydrogen-bond donors (Lipinski definition) is 1. The van der Waals surface area contributed by atoms with E-state index < -0.39 is 0 Å². The van der Waals surface area contributed by atoms with E-state index in [1.165, 1.54) is 5.56 Å². The normalized spacial score (nSPS) is 15.8. The summed E-state index contributed by atoms with van der Waals surface area (Å²) in [7, 11) is 0. The van der Waals surface area contributed by atoms with Crippen LogP contribution in [-0.2, 0) is 17.8 Å². The van der Waals surface area contributed by atoms with Gasteiger partial charge in [-0.2, -0.15) is 10.1 Å². The van der Waals surface area contributed by atoms with Crippen molar-refractivity contribution in [1.29, 1.82) is 0 Å². The Kier molecular flexibility index (Phi) is 5.92. The van der Waals surface area contributed by atoms with Crippen LogP contribution in [0, 0.1) is 0 Å². The number of rotatable bonds is 7. The number of carbonyl (C=O) groups is 1. The monoisotopic (exact) mass is 458 g/mol. The van der Waals surface area contributed by atoms with Crippen LogP contribution in [0.2, 0.25) is 0 Å². The van der Waals surface area contributed by atoms with Crippen molar-refractivity contribution in [1.82, 2.24) is 25.1 Å². The zero-order chi connectivity index (χ0) is 22.8. The fraction of sp³-hybridized carbons (Fsp3) is 0.280. The number of pyridine rings is 1. The van der Waals surface area contributed by atoms with Crippen molar-refractivity contribution in [2.45, 2.75) is 38.8 Å². The molecule has 4 heterocycles. The zero-order valence-electron chi connectivity index (χ0n) is 18.6. The lowest BCUT2D eigenvalue weighted by atomic mass is 10.0. The molecule has 1 unspecified atom stereocenters. The molecule has 0 aliphatic carbocycles. The number of nitrogens with one attached hydrogen (secondary N) is 1. The van der Waals surface area contributed by atoms with E-state index in [-0.39, 0.29) is 11.9 Å². The maximum absolute atomic E-state index is 13.0. The first-order valence-corrected chi connectivity index (χ1v) is 12.0. The van der Waals surface area contributed by atoms with Gasteiger partial charge in [-0.15, -0.1) is 0 Å². The van der Waals surface area contributed by atoms with Crippen LogP contribution in [0.1, 0.15) is 30.9 Å². The van der Waals surface area contributed by atoms with Crippen LogP contribution >= 0.6 is 11.3 Å². The predicted octanol–water partition coefficient (Wildman–Crippen LogP) is 4.50. The predicted molar refractivity (Wildman–Crippen MR) is 133 cm³/mol. The van der Waals surface area contributed by atoms with Crippen LogP contribution in [0.3, 0.4) is 0 Å². The van der Waals surface area contributed by atoms with Gasteiger partial charge in [-0.1, -0.05) is 55.2 Å². The summed E-state index contributed by atoms with van der Waals surface area (Å²) in [6, 6.07) is 9.79. The lowest BCUT2D eigenvalue weighted by molar-refractivity contribution is -0.122. The summed E-state index contributed by atoms with van der Waals surface area (Å²) in [5, 5.41) is 8.27. The van der Waals surface area contributed by atoms with Gasteiger partial charge in [0.2, 0.25) is 5.91 Å². The molecule has 0 bridgehead atoms. The quantitative estimate of drug-likeness (QED) is 0.441. The average molecular weight is 459 g/mol. The van der Waals surface area contributed by atoms with Crippen LogP contribution in [-0.4, -0.2) is 38.2 Å². The summed E-state index contributed by atoms with van der Waals surface area (Å²) in [5.74, 6) is 0.0526. The van der Waals surface area contributed by atoms with Crippen LogP contribution in [0.25, 0.3) is 27.7 Å². The maximum Gasteiger partial charge on any atom is 0.243 e. The van der Waals surface area contributed by atoms with E-state index in [1.54, 1.807) is 22.2 Å². The highest BCUT2D eigenvalue weighted by molar-refractivity contribution is 7.22. The van der Waals surface area contributed by atoms with Gasteiger partial charge in [-0.3, -0.25) is 4.79 Å². The minimum atomic E-state index is -0.204. The number of aryl methyl sites for hydroxylation is 1. The van der Waals surface area contributed by atoms with Gasteiger partial charge in [-0.05, 0) is 30.4 Å². The standard InChI is InChI=1S/C25H26N6OS/c1-3-19-20(18-14-28-30(4-2)16-18)15-26-23-22(19)33-25(29-23)31-12-8-11-21(31)24(32)27-13-17-9-6-5-7-10-17/h4-7,9-10,14-16,21H,2-3,8,11-13H2,1H3,(H,27,32). The first-order valence-electron chi connectivity index (χ1n) is 11.2. The molecular formula is C25H26N6OS. The molecule has 1 fully saturated rings. The van der Waals surface area contributed by atoms with E-state index in [9.17, 15) is 4.79 Å². The second kappa shape index (κ2) is 9.15. The van der Waals surface area contributed by atoms with Crippen molar-refractivity contribution in [3.05, 3.63) is 66.6 Å². The molecule has 1 aromatic carbocycles. The third-order valence-electron chi connectivity index (χ3n) is 6.08. The minimum Gasteiger partial charge on any atom is -0.350 e. The Morgan fingerprint density at radius 3 is 2.91 bits per heavy atom. The Morgan fingerprint density at radius 2 is 2.15 bits per heavy atom. The highest BCUT2D eigenvalue weighted by Crippen LogP contribution is 2.37. The lowest BCUT2D eigenvalue weighted by Crippen LogP contribution is -2.43. The molecule has 1 N–H and O–H groups in total. The number of hydrogen-bond acceptors (Lipinski definition) is 6. The van der Waals surface area contributed by atoms with Gasteiger partial charge in [-0.25, -0.2) is 9.67 Å². The molecule has 1 aliphatic rings. The van der Waals surface area contributed by atoms with Gasteiger partial charge in [0.25, 0.3) is 0 Å². The molecule has 5 rings (SSSR count). The second-order valence-electron chi connectivity index (χ2n) is 8.10. The van der Waals surface area contributed by atoms with E-state index in [1.807, 2.05) is 48.9 Å². The van der Waals surface area contributed by atoms with Crippen LogP contribution in [0.5, 0.6) is 0 Å². The summed E-state index contributed by atoms with van der Waals surface area (Å²) in [4.78, 5) is 24.6. The number of benzene rings is 1. The van der Waals surface area contributed by atoms with E-state index in [0.717, 1.165) is 58.0 Å². The smallest absolute Gasteiger partial charge is 0.243 e. The summed E-state index contributed by atoms with van der Waals surface area (Å²) in [6.45, 7) is 7.27. The molecule has 3 aromatic heterocycles. The van der Waals surface area contributed by atoms with Crippen molar-refractivity contribution in [3.8, 4) is 11.1 Å². The molecule has 33 heavy (non-hydrogen) atoms. The molecule has 0 saturated carbocycles. The molecule has 0 spiro atoms. The zero-order valence-corrected chi connectivity index (χ0v) is 19.4. The van der Waals surface area contributed by atoms with Crippen molar-refractivity contribution >= 4 is 38.9 Å². The van der Waals surface area contributed by atoms with E-state index in [4.69, 9.17) is 4.98 Å². The fourth-order valence-electron chi connectivity index (χ4n) is 4.38. The number of thiazole rings is 1. The molecule has 8 heteroatoms. The molecule has 0 radical (unpaired) electrons. The van der Waals surface area contributed by atoms with Crippen LogP contribution in [0.4, 0.5) is 5.13 Å². The number of carbonyl (C=O) groups excluding carboxylic acids is 1. The Labute approximate surface area is 196 Å². The number of amides is 1. The molecule has 1 atom stereocenters. The third kappa shape index (κ3) is 4.14. The maximum atomic E-state index is 13.0. The van der Waals surface area contributed by atoms with Crippen molar-refractivity contribution in [3.63, 3.8) is 0 Å². The second-order valence-corrected chi connectivity index (χ2v) is 9.08. The van der Waals surface area contributed by atoms with Crippen molar-refractivity contribution in [2.75, 3.05) is 11.4 Å². The summed E-state index contributed by atoms with van der Waals surface area (Å²) < 4.78 is 2.77. The Balaban J connectivity index is 1.41. The SMILES string of the molecule is C=Cn1cc(-c2cnc3nc(N4CCCC4C(=O)NCc4ccccc4)sc3c2CC)cn1. The molecule has 7 nitrogen and oxygen atoms in total. The molecule has 1 amide bonds. The molecule has 4 aromatic rings. The highest BCUT2D eigenvalue weighted by atomic mass is 32.1. The first kappa shape index (κ1) is 21.3. The fourth-order valence-corrected chi connectivity index (χ4v) is 5.60. The van der Waals surface area contributed by atoms with E-state index in [0.29, 0.717) is 6.54 Å². The highest BCUT2D eigenvalue weighted by Gasteiger charge is 2.33. The van der Waals surface area contributed by atoms with Gasteiger partial charge >= 0.3 is 0 Å². The Bertz CT molecular complexity index is 1290. The molecule has 168 valence electrons. The number of aromatic nitrogens is 4. The largest absolute Gasteiger partial charge is 0.350 e.